The lowest BCUT2D eigenvalue weighted by molar-refractivity contribution is 0.0804. The quantitative estimate of drug-likeness (QED) is 0.758. The number of carbonyl (C=O) groups is 1. The number of nitrogen functional groups attached to an aromatic ring is 1. The molecule has 7 nitrogen and oxygen atoms in total. The molecule has 0 atom stereocenters. The third-order valence-corrected chi connectivity index (χ3v) is 3.28. The van der Waals surface area contributed by atoms with Gasteiger partial charge in [0.2, 0.25) is 0 Å². The van der Waals surface area contributed by atoms with Gasteiger partial charge in [0.25, 0.3) is 5.91 Å². The summed E-state index contributed by atoms with van der Waals surface area (Å²) in [6.45, 7) is 0.131. The second-order valence-electron chi connectivity index (χ2n) is 3.92. The minimum Gasteiger partial charge on any atom is -0.383 e. The number of anilines is 1. The van der Waals surface area contributed by atoms with Crippen LogP contribution in [0.3, 0.4) is 0 Å². The first kappa shape index (κ1) is 13.5. The lowest BCUT2D eigenvalue weighted by Gasteiger charge is -2.15. The summed E-state index contributed by atoms with van der Waals surface area (Å²) in [5.41, 5.74) is 5.94. The van der Waals surface area contributed by atoms with Crippen LogP contribution < -0.4 is 5.73 Å². The maximum absolute atomic E-state index is 11.9. The van der Waals surface area contributed by atoms with Crippen molar-refractivity contribution in [1.82, 2.24) is 14.7 Å². The van der Waals surface area contributed by atoms with E-state index in [1.807, 2.05) is 0 Å². The number of nitrogens with two attached hydrogens (primary N) is 1. The fourth-order valence-corrected chi connectivity index (χ4v) is 1.83. The maximum atomic E-state index is 11.9. The second-order valence-corrected chi connectivity index (χ2v) is 6.18. The normalized spacial score (nSPS) is 11.5. The van der Waals surface area contributed by atoms with Crippen molar-refractivity contribution < 1.29 is 13.2 Å². The van der Waals surface area contributed by atoms with Crippen LogP contribution in [-0.4, -0.2) is 54.6 Å². The molecule has 0 unspecified atom stereocenters. The molecule has 0 fully saturated rings. The van der Waals surface area contributed by atoms with Crippen LogP contribution in [0.25, 0.3) is 0 Å². The molecule has 1 amide bonds. The largest absolute Gasteiger partial charge is 0.383 e. The molecule has 1 aromatic rings. The number of hydrogen-bond donors (Lipinski definition) is 1. The molecule has 0 aliphatic carbocycles. The minimum atomic E-state index is -3.09. The molecule has 96 valence electrons. The third kappa shape index (κ3) is 3.45. The van der Waals surface area contributed by atoms with Crippen molar-refractivity contribution in [2.24, 2.45) is 7.05 Å². The lowest BCUT2D eigenvalue weighted by atomic mass is 10.3. The fourth-order valence-electron chi connectivity index (χ4n) is 1.22. The number of hydrogen-bond acceptors (Lipinski definition) is 5. The van der Waals surface area contributed by atoms with Gasteiger partial charge in [-0.1, -0.05) is 0 Å². The summed E-state index contributed by atoms with van der Waals surface area (Å²) >= 11 is 0. The van der Waals surface area contributed by atoms with E-state index < -0.39 is 9.84 Å². The van der Waals surface area contributed by atoms with Crippen LogP contribution in [0.4, 0.5) is 5.82 Å². The summed E-state index contributed by atoms with van der Waals surface area (Å²) < 4.78 is 23.4. The summed E-state index contributed by atoms with van der Waals surface area (Å²) in [6.07, 6.45) is 2.50. The van der Waals surface area contributed by atoms with Crippen LogP contribution >= 0.6 is 0 Å². The van der Waals surface area contributed by atoms with E-state index in [1.54, 1.807) is 7.05 Å². The zero-order valence-corrected chi connectivity index (χ0v) is 10.9. The van der Waals surface area contributed by atoms with Gasteiger partial charge in [-0.05, 0) is 0 Å². The molecule has 0 bridgehead atoms. The Balaban J connectivity index is 2.74. The predicted molar refractivity (Wildman–Crippen MR) is 64.3 cm³/mol. The first-order chi connectivity index (χ1) is 7.72. The van der Waals surface area contributed by atoms with Crippen LogP contribution in [0.5, 0.6) is 0 Å². The molecule has 0 aromatic carbocycles. The smallest absolute Gasteiger partial charge is 0.259 e. The van der Waals surface area contributed by atoms with Crippen molar-refractivity contribution >= 4 is 21.6 Å². The van der Waals surface area contributed by atoms with Crippen LogP contribution in [0.1, 0.15) is 10.4 Å². The summed E-state index contributed by atoms with van der Waals surface area (Å²) in [4.78, 5) is 13.2. The Kier molecular flexibility index (Phi) is 3.76. The number of sulfone groups is 1. The topological polar surface area (TPSA) is 98.3 Å². The monoisotopic (exact) mass is 260 g/mol. The van der Waals surface area contributed by atoms with Crippen molar-refractivity contribution in [2.45, 2.75) is 0 Å². The van der Waals surface area contributed by atoms with Gasteiger partial charge >= 0.3 is 0 Å². The van der Waals surface area contributed by atoms with E-state index in [1.165, 1.54) is 22.8 Å². The van der Waals surface area contributed by atoms with Crippen molar-refractivity contribution in [3.8, 4) is 0 Å². The Morgan fingerprint density at radius 3 is 2.59 bits per heavy atom. The van der Waals surface area contributed by atoms with Crippen molar-refractivity contribution in [3.63, 3.8) is 0 Å². The standard InChI is InChI=1S/C9H16N4O3S/c1-12(4-5-17(3,15)16)9(14)7-6-11-13(2)8(7)10/h6H,4-5,10H2,1-3H3. The molecular formula is C9H16N4O3S. The first-order valence-electron chi connectivity index (χ1n) is 4.93. The summed E-state index contributed by atoms with van der Waals surface area (Å²) in [7, 11) is 0.0695. The Labute approximate surface area is 100 Å². The predicted octanol–water partition coefficient (Wildman–Crippen LogP) is -0.881. The number of amides is 1. The van der Waals surface area contributed by atoms with Crippen molar-refractivity contribution in [2.75, 3.05) is 31.3 Å². The molecule has 1 heterocycles. The number of aryl methyl sites for hydroxylation is 1. The minimum absolute atomic E-state index is 0.0740. The van der Waals surface area contributed by atoms with Crippen molar-refractivity contribution in [3.05, 3.63) is 11.8 Å². The van der Waals surface area contributed by atoms with Crippen LogP contribution in [0.15, 0.2) is 6.20 Å². The van der Waals surface area contributed by atoms with E-state index in [2.05, 4.69) is 5.10 Å². The maximum Gasteiger partial charge on any atom is 0.259 e. The van der Waals surface area contributed by atoms with Crippen LogP contribution in [-0.2, 0) is 16.9 Å². The highest BCUT2D eigenvalue weighted by molar-refractivity contribution is 7.90. The molecule has 0 aliphatic heterocycles. The Hall–Kier alpha value is -1.57. The molecule has 2 N–H and O–H groups in total. The first-order valence-corrected chi connectivity index (χ1v) is 6.99. The highest BCUT2D eigenvalue weighted by Gasteiger charge is 2.18. The van der Waals surface area contributed by atoms with Crippen LogP contribution in [0, 0.1) is 0 Å². The molecule has 17 heavy (non-hydrogen) atoms. The Bertz CT molecular complexity index is 520. The Morgan fingerprint density at radius 1 is 1.59 bits per heavy atom. The molecule has 0 aliphatic rings. The lowest BCUT2D eigenvalue weighted by Crippen LogP contribution is -2.31. The van der Waals surface area contributed by atoms with Gasteiger partial charge in [0, 0.05) is 26.9 Å². The van der Waals surface area contributed by atoms with E-state index in [4.69, 9.17) is 5.73 Å². The Morgan fingerprint density at radius 2 is 2.18 bits per heavy atom. The van der Waals surface area contributed by atoms with Gasteiger partial charge in [-0.3, -0.25) is 9.48 Å². The van der Waals surface area contributed by atoms with Gasteiger partial charge in [0.05, 0.1) is 11.9 Å². The zero-order chi connectivity index (χ0) is 13.2. The highest BCUT2D eigenvalue weighted by Crippen LogP contribution is 2.11. The summed E-state index contributed by atoms with van der Waals surface area (Å²) in [5, 5.41) is 3.85. The van der Waals surface area contributed by atoms with Gasteiger partial charge in [0.15, 0.2) is 0 Å². The number of rotatable bonds is 4. The molecule has 0 spiro atoms. The van der Waals surface area contributed by atoms with Gasteiger partial charge in [-0.2, -0.15) is 5.10 Å². The third-order valence-electron chi connectivity index (χ3n) is 2.36. The van der Waals surface area contributed by atoms with Crippen LogP contribution in [0.2, 0.25) is 0 Å². The van der Waals surface area contributed by atoms with E-state index in [0.29, 0.717) is 0 Å². The van der Waals surface area contributed by atoms with Gasteiger partial charge in [-0.25, -0.2) is 8.42 Å². The number of carbonyl (C=O) groups excluding carboxylic acids is 1. The van der Waals surface area contributed by atoms with Gasteiger partial charge in [0.1, 0.15) is 21.2 Å². The fraction of sp³-hybridized carbons (Fsp3) is 0.556. The number of nitrogens with zero attached hydrogens (tertiary/aromatic N) is 3. The van der Waals surface area contributed by atoms with Gasteiger partial charge in [-0.15, -0.1) is 0 Å². The number of aromatic nitrogens is 2. The molecule has 1 rings (SSSR count). The second kappa shape index (κ2) is 4.74. The molecule has 8 heteroatoms. The SMILES string of the molecule is CN(CCS(C)(=O)=O)C(=O)c1cnn(C)c1N. The highest BCUT2D eigenvalue weighted by atomic mass is 32.2. The molecule has 0 radical (unpaired) electrons. The average Bonchev–Trinajstić information content (AvgIpc) is 2.54. The molecule has 0 saturated carbocycles. The summed E-state index contributed by atoms with van der Waals surface area (Å²) in [5.74, 6) is -0.143. The van der Waals surface area contributed by atoms with E-state index in [0.717, 1.165) is 6.26 Å². The molecular weight excluding hydrogens is 244 g/mol. The van der Waals surface area contributed by atoms with E-state index in [9.17, 15) is 13.2 Å². The average molecular weight is 260 g/mol. The van der Waals surface area contributed by atoms with E-state index in [-0.39, 0.29) is 29.6 Å². The molecule has 1 aromatic heterocycles. The summed E-state index contributed by atoms with van der Waals surface area (Å²) in [6, 6.07) is 0. The van der Waals surface area contributed by atoms with Gasteiger partial charge < -0.3 is 10.6 Å². The molecule has 0 saturated heterocycles. The zero-order valence-electron chi connectivity index (χ0n) is 10.0. The van der Waals surface area contributed by atoms with Crippen molar-refractivity contribution in [1.29, 1.82) is 0 Å². The van der Waals surface area contributed by atoms with E-state index >= 15 is 0 Å².